The van der Waals surface area contributed by atoms with Crippen molar-refractivity contribution in [3.8, 4) is 11.5 Å². The lowest BCUT2D eigenvalue weighted by molar-refractivity contribution is -0.159. The third-order valence-electron chi connectivity index (χ3n) is 2.91. The maximum absolute atomic E-state index is 12.1. The summed E-state index contributed by atoms with van der Waals surface area (Å²) in [5.41, 5.74) is 0.803. The average Bonchev–Trinajstić information content (AvgIpc) is 2.53. The monoisotopic (exact) mass is 307 g/mol. The highest BCUT2D eigenvalue weighted by molar-refractivity contribution is 6.32. The minimum atomic E-state index is -0.871. The second-order valence-electron chi connectivity index (χ2n) is 4.38. The largest absolute Gasteiger partial charge is 0.493 e. The summed E-state index contributed by atoms with van der Waals surface area (Å²) < 4.78 is 15.1. The normalized spacial score (nSPS) is 9.77. The van der Waals surface area contributed by atoms with Crippen molar-refractivity contribution in [1.82, 2.24) is 4.90 Å². The molecule has 120 valence electrons. The minimum Gasteiger partial charge on any atom is -0.493 e. The van der Waals surface area contributed by atoms with Gasteiger partial charge in [-0.15, -0.1) is 6.58 Å². The lowest BCUT2D eigenvalue weighted by Gasteiger charge is -2.20. The van der Waals surface area contributed by atoms with Gasteiger partial charge in [0.05, 0.1) is 20.8 Å². The first kappa shape index (κ1) is 17.6. The maximum atomic E-state index is 12.1. The van der Waals surface area contributed by atoms with E-state index in [9.17, 15) is 9.59 Å². The Balaban J connectivity index is 2.93. The SMILES string of the molecule is C=CCN(Cc1ccc(OC)c(OC)c1)C(=O)C(=O)OCC. The second-order valence-corrected chi connectivity index (χ2v) is 4.38. The number of hydrogen-bond acceptors (Lipinski definition) is 5. The molecule has 1 rings (SSSR count). The lowest BCUT2D eigenvalue weighted by atomic mass is 10.2. The maximum Gasteiger partial charge on any atom is 0.397 e. The highest BCUT2D eigenvalue weighted by Gasteiger charge is 2.22. The molecule has 0 spiro atoms. The van der Waals surface area contributed by atoms with Gasteiger partial charge in [0.1, 0.15) is 0 Å². The van der Waals surface area contributed by atoms with Crippen LogP contribution in [0.15, 0.2) is 30.9 Å². The fourth-order valence-electron chi connectivity index (χ4n) is 1.90. The number of nitrogens with zero attached hydrogens (tertiary/aromatic N) is 1. The van der Waals surface area contributed by atoms with Crippen LogP contribution in [0, 0.1) is 0 Å². The van der Waals surface area contributed by atoms with Crippen molar-refractivity contribution in [3.63, 3.8) is 0 Å². The Kier molecular flexibility index (Phi) is 6.95. The summed E-state index contributed by atoms with van der Waals surface area (Å²) in [4.78, 5) is 25.0. The van der Waals surface area contributed by atoms with E-state index in [0.29, 0.717) is 11.5 Å². The number of carbonyl (C=O) groups excluding carboxylic acids is 2. The van der Waals surface area contributed by atoms with Crippen LogP contribution in [0.3, 0.4) is 0 Å². The Morgan fingerprint density at radius 3 is 2.45 bits per heavy atom. The molecule has 0 saturated carbocycles. The van der Waals surface area contributed by atoms with E-state index in [1.54, 1.807) is 38.3 Å². The topological polar surface area (TPSA) is 65.1 Å². The van der Waals surface area contributed by atoms with Crippen molar-refractivity contribution in [2.45, 2.75) is 13.5 Å². The Labute approximate surface area is 130 Å². The number of rotatable bonds is 7. The van der Waals surface area contributed by atoms with Crippen molar-refractivity contribution in [2.75, 3.05) is 27.4 Å². The molecule has 1 aromatic rings. The first-order chi connectivity index (χ1) is 10.6. The van der Waals surface area contributed by atoms with E-state index in [-0.39, 0.29) is 19.7 Å². The van der Waals surface area contributed by atoms with Gasteiger partial charge in [-0.1, -0.05) is 12.1 Å². The van der Waals surface area contributed by atoms with Crippen LogP contribution in [-0.4, -0.2) is 44.1 Å². The number of methoxy groups -OCH3 is 2. The molecule has 0 unspecified atom stereocenters. The van der Waals surface area contributed by atoms with Crippen LogP contribution >= 0.6 is 0 Å². The zero-order valence-electron chi connectivity index (χ0n) is 13.1. The van der Waals surface area contributed by atoms with E-state index >= 15 is 0 Å². The molecule has 6 nitrogen and oxygen atoms in total. The fraction of sp³-hybridized carbons (Fsp3) is 0.375. The van der Waals surface area contributed by atoms with Gasteiger partial charge in [0.25, 0.3) is 0 Å². The number of benzene rings is 1. The van der Waals surface area contributed by atoms with E-state index in [2.05, 4.69) is 6.58 Å². The first-order valence-corrected chi connectivity index (χ1v) is 6.85. The molecule has 0 heterocycles. The standard InChI is InChI=1S/C16H21NO5/c1-5-9-17(15(18)16(19)22-6-2)11-12-7-8-13(20-3)14(10-12)21-4/h5,7-8,10H,1,6,9,11H2,2-4H3. The number of amides is 1. The smallest absolute Gasteiger partial charge is 0.397 e. The van der Waals surface area contributed by atoms with Crippen LogP contribution in [0.1, 0.15) is 12.5 Å². The van der Waals surface area contributed by atoms with Crippen molar-refractivity contribution in [1.29, 1.82) is 0 Å². The second kappa shape index (κ2) is 8.71. The summed E-state index contributed by atoms with van der Waals surface area (Å²) in [6.07, 6.45) is 1.55. The zero-order chi connectivity index (χ0) is 16.5. The van der Waals surface area contributed by atoms with Crippen molar-refractivity contribution >= 4 is 11.9 Å². The third kappa shape index (κ3) is 4.51. The van der Waals surface area contributed by atoms with Gasteiger partial charge in [-0.25, -0.2) is 4.79 Å². The predicted octanol–water partition coefficient (Wildman–Crippen LogP) is 1.78. The van der Waals surface area contributed by atoms with Crippen LogP contribution in [0.25, 0.3) is 0 Å². The molecule has 0 aliphatic rings. The highest BCUT2D eigenvalue weighted by Crippen LogP contribution is 2.28. The van der Waals surface area contributed by atoms with Gasteiger partial charge in [-0.3, -0.25) is 4.79 Å². The molecule has 1 amide bonds. The van der Waals surface area contributed by atoms with E-state index in [1.807, 2.05) is 0 Å². The zero-order valence-corrected chi connectivity index (χ0v) is 13.1. The molecule has 0 aliphatic carbocycles. The van der Waals surface area contributed by atoms with E-state index in [0.717, 1.165) is 5.56 Å². The average molecular weight is 307 g/mol. The van der Waals surface area contributed by atoms with E-state index < -0.39 is 11.9 Å². The molecule has 0 bridgehead atoms. The van der Waals surface area contributed by atoms with Gasteiger partial charge >= 0.3 is 11.9 Å². The molecule has 0 radical (unpaired) electrons. The molecule has 22 heavy (non-hydrogen) atoms. The lowest BCUT2D eigenvalue weighted by Crippen LogP contribution is -2.37. The van der Waals surface area contributed by atoms with Crippen LogP contribution in [0.2, 0.25) is 0 Å². The molecular weight excluding hydrogens is 286 g/mol. The van der Waals surface area contributed by atoms with Gasteiger partial charge in [0.15, 0.2) is 11.5 Å². The minimum absolute atomic E-state index is 0.156. The predicted molar refractivity (Wildman–Crippen MR) is 81.8 cm³/mol. The summed E-state index contributed by atoms with van der Waals surface area (Å²) in [5.74, 6) is -0.415. The molecule has 0 fully saturated rings. The number of carbonyl (C=O) groups is 2. The molecule has 0 N–H and O–H groups in total. The Hall–Kier alpha value is -2.50. The number of hydrogen-bond donors (Lipinski definition) is 0. The molecule has 6 heteroatoms. The Morgan fingerprint density at radius 2 is 1.91 bits per heavy atom. The first-order valence-electron chi connectivity index (χ1n) is 6.85. The molecule has 0 aliphatic heterocycles. The highest BCUT2D eigenvalue weighted by atomic mass is 16.5. The van der Waals surface area contributed by atoms with Gasteiger partial charge in [0.2, 0.25) is 0 Å². The van der Waals surface area contributed by atoms with Crippen molar-refractivity contribution < 1.29 is 23.8 Å². The van der Waals surface area contributed by atoms with Gasteiger partial charge < -0.3 is 19.1 Å². The van der Waals surface area contributed by atoms with Crippen LogP contribution in [0.4, 0.5) is 0 Å². The summed E-state index contributed by atoms with van der Waals surface area (Å²) in [7, 11) is 3.08. The summed E-state index contributed by atoms with van der Waals surface area (Å²) in [5, 5.41) is 0. The molecule has 1 aromatic carbocycles. The Morgan fingerprint density at radius 1 is 1.23 bits per heavy atom. The summed E-state index contributed by atoms with van der Waals surface area (Å²) >= 11 is 0. The quantitative estimate of drug-likeness (QED) is 0.436. The molecule has 0 atom stereocenters. The number of ether oxygens (including phenoxy) is 3. The molecular formula is C16H21NO5. The van der Waals surface area contributed by atoms with Crippen LogP contribution < -0.4 is 9.47 Å². The van der Waals surface area contributed by atoms with Crippen LogP contribution in [-0.2, 0) is 20.9 Å². The summed E-state index contributed by atoms with van der Waals surface area (Å²) in [6, 6.07) is 5.30. The summed E-state index contributed by atoms with van der Waals surface area (Å²) in [6.45, 7) is 5.89. The van der Waals surface area contributed by atoms with Crippen LogP contribution in [0.5, 0.6) is 11.5 Å². The van der Waals surface area contributed by atoms with E-state index in [1.165, 1.54) is 12.0 Å². The number of esters is 1. The van der Waals surface area contributed by atoms with E-state index in [4.69, 9.17) is 14.2 Å². The molecule has 0 saturated heterocycles. The van der Waals surface area contributed by atoms with Gasteiger partial charge in [-0.2, -0.15) is 0 Å². The molecule has 0 aromatic heterocycles. The van der Waals surface area contributed by atoms with Gasteiger partial charge in [-0.05, 0) is 24.6 Å². The third-order valence-corrected chi connectivity index (χ3v) is 2.91. The van der Waals surface area contributed by atoms with Crippen molar-refractivity contribution in [3.05, 3.63) is 36.4 Å². The van der Waals surface area contributed by atoms with Crippen molar-refractivity contribution in [2.24, 2.45) is 0 Å². The van der Waals surface area contributed by atoms with Gasteiger partial charge in [0, 0.05) is 13.1 Å². The Bertz CT molecular complexity index is 541. The fourth-order valence-corrected chi connectivity index (χ4v) is 1.90.